The molecule has 0 saturated heterocycles. The summed E-state index contributed by atoms with van der Waals surface area (Å²) in [4.78, 5) is 0. The van der Waals surface area contributed by atoms with E-state index in [0.717, 1.165) is 0 Å². The van der Waals surface area contributed by atoms with Crippen molar-refractivity contribution < 1.29 is 0 Å². The van der Waals surface area contributed by atoms with Crippen LogP contribution in [0.25, 0.3) is 0 Å². The van der Waals surface area contributed by atoms with Gasteiger partial charge in [0.05, 0.1) is 0 Å². The van der Waals surface area contributed by atoms with E-state index < -0.39 is 8.80 Å². The second-order valence-corrected chi connectivity index (χ2v) is 9.11. The maximum atomic E-state index is 4.12. The Balaban J connectivity index is 2.15. The van der Waals surface area contributed by atoms with Crippen LogP contribution in [0.1, 0.15) is 51.4 Å². The molecule has 0 spiro atoms. The minimum Gasteiger partial charge on any atom is -0.0988 e. The highest BCUT2D eigenvalue weighted by molar-refractivity contribution is 6.86. The quantitative estimate of drug-likeness (QED) is 0.621. The fourth-order valence-electron chi connectivity index (χ4n) is 4.01. The Morgan fingerprint density at radius 1 is 0.696 bits per heavy atom. The second-order valence-electron chi connectivity index (χ2n) is 6.57. The molecular weight excluding hydrogens is 292 g/mol. The molecule has 23 heavy (non-hydrogen) atoms. The summed E-state index contributed by atoms with van der Waals surface area (Å²) >= 11 is 0. The Morgan fingerprint density at radius 2 is 1.17 bits per heavy atom. The first-order chi connectivity index (χ1) is 11.3. The lowest BCUT2D eigenvalue weighted by atomic mass is 9.99. The van der Waals surface area contributed by atoms with Crippen LogP contribution in [0.4, 0.5) is 0 Å². The van der Waals surface area contributed by atoms with Gasteiger partial charge in [-0.15, -0.1) is 0 Å². The minimum atomic E-state index is -0.827. The normalized spacial score (nSPS) is 19.2. The number of allylic oxidation sites excluding steroid dienone is 6. The third-order valence-corrected chi connectivity index (χ3v) is 8.44. The van der Waals surface area contributed by atoms with Crippen molar-refractivity contribution in [2.45, 2.75) is 51.4 Å². The zero-order valence-electron chi connectivity index (χ0n) is 14.1. The molecule has 2 aliphatic rings. The summed E-state index contributed by atoms with van der Waals surface area (Å²) in [6.07, 6.45) is 14.6. The van der Waals surface area contributed by atoms with Crippen molar-refractivity contribution in [3.63, 3.8) is 0 Å². The van der Waals surface area contributed by atoms with Crippen molar-refractivity contribution >= 4 is 14.0 Å². The standard InChI is InChI=1S/C22H27Si/c1-3-18-12-8-10-16-21(18)23(20-14-6-5-7-15-20)22-17-11-9-13-19(22)4-2/h3-7,14-15H,1-2,8-13,16-17H2. The minimum absolute atomic E-state index is 0.827. The predicted octanol–water partition coefficient (Wildman–Crippen LogP) is 5.58. The van der Waals surface area contributed by atoms with E-state index in [1.54, 1.807) is 15.6 Å². The van der Waals surface area contributed by atoms with Crippen LogP contribution in [0.3, 0.4) is 0 Å². The molecule has 0 saturated carbocycles. The lowest BCUT2D eigenvalue weighted by Crippen LogP contribution is -2.38. The molecule has 1 radical (unpaired) electrons. The van der Waals surface area contributed by atoms with Crippen LogP contribution in [-0.4, -0.2) is 8.80 Å². The van der Waals surface area contributed by atoms with Gasteiger partial charge >= 0.3 is 0 Å². The van der Waals surface area contributed by atoms with E-state index in [1.807, 2.05) is 0 Å². The topological polar surface area (TPSA) is 0 Å². The molecule has 0 heterocycles. The van der Waals surface area contributed by atoms with Crippen LogP contribution in [-0.2, 0) is 0 Å². The Morgan fingerprint density at radius 3 is 1.65 bits per heavy atom. The fourth-order valence-corrected chi connectivity index (χ4v) is 7.55. The Kier molecular flexibility index (Phi) is 5.50. The van der Waals surface area contributed by atoms with Crippen molar-refractivity contribution in [3.05, 3.63) is 77.2 Å². The van der Waals surface area contributed by atoms with Crippen LogP contribution in [0.15, 0.2) is 77.2 Å². The third kappa shape index (κ3) is 3.50. The summed E-state index contributed by atoms with van der Waals surface area (Å²) < 4.78 is 0. The molecule has 0 amide bonds. The van der Waals surface area contributed by atoms with E-state index in [1.165, 1.54) is 62.5 Å². The molecule has 1 aromatic rings. The number of hydrogen-bond acceptors (Lipinski definition) is 0. The highest BCUT2D eigenvalue weighted by Gasteiger charge is 2.29. The van der Waals surface area contributed by atoms with E-state index in [2.05, 4.69) is 55.6 Å². The number of benzene rings is 1. The maximum Gasteiger partial charge on any atom is 0.146 e. The van der Waals surface area contributed by atoms with Crippen molar-refractivity contribution in [1.29, 1.82) is 0 Å². The Labute approximate surface area is 142 Å². The smallest absolute Gasteiger partial charge is 0.0988 e. The van der Waals surface area contributed by atoms with E-state index >= 15 is 0 Å². The van der Waals surface area contributed by atoms with E-state index in [4.69, 9.17) is 0 Å². The number of hydrogen-bond donors (Lipinski definition) is 0. The fraction of sp³-hybridized carbons (Fsp3) is 0.364. The summed E-state index contributed by atoms with van der Waals surface area (Å²) in [5, 5.41) is 4.99. The van der Waals surface area contributed by atoms with Crippen molar-refractivity contribution in [3.8, 4) is 0 Å². The number of rotatable bonds is 5. The summed E-state index contributed by atoms with van der Waals surface area (Å²) in [5.74, 6) is 0. The van der Waals surface area contributed by atoms with Gasteiger partial charge in [-0.05, 0) is 51.4 Å². The van der Waals surface area contributed by atoms with E-state index in [0.29, 0.717) is 0 Å². The molecule has 0 aliphatic heterocycles. The molecule has 0 nitrogen and oxygen atoms in total. The first-order valence-corrected chi connectivity index (χ1v) is 10.5. The Hall–Kier alpha value is -1.60. The van der Waals surface area contributed by atoms with Crippen molar-refractivity contribution in [2.75, 3.05) is 0 Å². The van der Waals surface area contributed by atoms with Gasteiger partial charge in [-0.25, -0.2) is 0 Å². The molecule has 0 unspecified atom stereocenters. The van der Waals surface area contributed by atoms with Gasteiger partial charge in [0.2, 0.25) is 0 Å². The third-order valence-electron chi connectivity index (χ3n) is 5.18. The molecule has 0 N–H and O–H groups in total. The molecule has 119 valence electrons. The van der Waals surface area contributed by atoms with Crippen molar-refractivity contribution in [2.24, 2.45) is 0 Å². The van der Waals surface area contributed by atoms with Crippen molar-refractivity contribution in [1.82, 2.24) is 0 Å². The van der Waals surface area contributed by atoms with E-state index in [-0.39, 0.29) is 0 Å². The highest BCUT2D eigenvalue weighted by atomic mass is 28.3. The largest absolute Gasteiger partial charge is 0.146 e. The second kappa shape index (κ2) is 7.78. The molecule has 0 bridgehead atoms. The van der Waals surface area contributed by atoms with Gasteiger partial charge in [-0.2, -0.15) is 0 Å². The molecule has 3 rings (SSSR count). The molecule has 1 aromatic carbocycles. The van der Waals surface area contributed by atoms with Crippen LogP contribution >= 0.6 is 0 Å². The molecule has 1 heteroatoms. The maximum absolute atomic E-state index is 4.12. The average Bonchev–Trinajstić information content (AvgIpc) is 2.64. The van der Waals surface area contributed by atoms with Gasteiger partial charge in [-0.3, -0.25) is 0 Å². The first kappa shape index (κ1) is 16.3. The van der Waals surface area contributed by atoms with Crippen LogP contribution in [0.5, 0.6) is 0 Å². The van der Waals surface area contributed by atoms with Crippen LogP contribution in [0, 0.1) is 0 Å². The monoisotopic (exact) mass is 319 g/mol. The van der Waals surface area contributed by atoms with Crippen LogP contribution < -0.4 is 5.19 Å². The zero-order chi connectivity index (χ0) is 16.1. The molecule has 0 aromatic heterocycles. The Bertz CT molecular complexity index is 595. The first-order valence-electron chi connectivity index (χ1n) is 8.97. The lowest BCUT2D eigenvalue weighted by molar-refractivity contribution is 0.691. The van der Waals surface area contributed by atoms with Gasteiger partial charge in [0, 0.05) is 0 Å². The molecular formula is C22H27Si. The van der Waals surface area contributed by atoms with E-state index in [9.17, 15) is 0 Å². The van der Waals surface area contributed by atoms with Gasteiger partial charge in [0.1, 0.15) is 8.80 Å². The molecule has 2 aliphatic carbocycles. The molecule has 0 atom stereocenters. The van der Waals surface area contributed by atoms with Gasteiger partial charge < -0.3 is 0 Å². The summed E-state index contributed by atoms with van der Waals surface area (Å²) in [7, 11) is -0.827. The lowest BCUT2D eigenvalue weighted by Gasteiger charge is -2.31. The summed E-state index contributed by atoms with van der Waals surface area (Å²) in [6, 6.07) is 11.2. The van der Waals surface area contributed by atoms with Gasteiger partial charge in [-0.1, -0.05) is 82.4 Å². The summed E-state index contributed by atoms with van der Waals surface area (Å²) in [5.41, 5.74) is 3.07. The SMILES string of the molecule is C=CC1=C([Si](C2=C(C=C)CCCC2)c2ccccc2)CCCC1. The van der Waals surface area contributed by atoms with Gasteiger partial charge in [0.15, 0.2) is 0 Å². The van der Waals surface area contributed by atoms with Gasteiger partial charge in [0.25, 0.3) is 0 Å². The highest BCUT2D eigenvalue weighted by Crippen LogP contribution is 2.35. The molecule has 0 fully saturated rings. The average molecular weight is 320 g/mol. The van der Waals surface area contributed by atoms with Crippen LogP contribution in [0.2, 0.25) is 0 Å². The predicted molar refractivity (Wildman–Crippen MR) is 103 cm³/mol. The summed E-state index contributed by atoms with van der Waals surface area (Å²) in [6.45, 7) is 8.23. The zero-order valence-corrected chi connectivity index (χ0v) is 15.1.